The van der Waals surface area contributed by atoms with E-state index in [1.807, 2.05) is 19.1 Å². The number of halogens is 1. The van der Waals surface area contributed by atoms with Gasteiger partial charge >= 0.3 is 6.09 Å². The fraction of sp³-hybridized carbons (Fsp3) is 0.346. The standard InChI is InChI=1S/C26H32ClN3O4S/c1-6-15-30(24(32)20(16-35)28-25(33)34-26(3,4)5)22(18-12-8-7-9-13-18)23(31)29-21-17(2)11-10-14-19(21)27/h6-14,20,22,35H,1,15-16H2,2-5H3,(H,28,33)(H,29,31). The van der Waals surface area contributed by atoms with Crippen molar-refractivity contribution in [1.82, 2.24) is 10.2 Å². The summed E-state index contributed by atoms with van der Waals surface area (Å²) in [4.78, 5) is 41.0. The second-order valence-corrected chi connectivity index (χ2v) is 9.67. The lowest BCUT2D eigenvalue weighted by Gasteiger charge is -2.33. The van der Waals surface area contributed by atoms with Crippen LogP contribution in [0, 0.1) is 6.92 Å². The molecule has 0 bridgehead atoms. The number of hydrogen-bond donors (Lipinski definition) is 3. The molecule has 2 atom stereocenters. The first kappa shape index (κ1) is 28.3. The van der Waals surface area contributed by atoms with Gasteiger partial charge in [-0.05, 0) is 44.9 Å². The number of aryl methyl sites for hydroxylation is 1. The van der Waals surface area contributed by atoms with E-state index in [2.05, 4.69) is 29.8 Å². The maximum atomic E-state index is 13.6. The van der Waals surface area contributed by atoms with Crippen molar-refractivity contribution in [1.29, 1.82) is 0 Å². The lowest BCUT2D eigenvalue weighted by atomic mass is 10.0. The maximum Gasteiger partial charge on any atom is 0.408 e. The molecule has 0 aliphatic carbocycles. The molecule has 188 valence electrons. The molecule has 0 fully saturated rings. The fourth-order valence-corrected chi connectivity index (χ4v) is 3.90. The molecule has 3 amide bonds. The molecular weight excluding hydrogens is 486 g/mol. The molecule has 2 aromatic rings. The number of thiol groups is 1. The third kappa shape index (κ3) is 8.04. The van der Waals surface area contributed by atoms with Crippen molar-refractivity contribution in [3.05, 3.63) is 77.3 Å². The van der Waals surface area contributed by atoms with E-state index < -0.39 is 35.6 Å². The number of para-hydroxylation sites is 1. The van der Waals surface area contributed by atoms with E-state index >= 15 is 0 Å². The minimum Gasteiger partial charge on any atom is -0.444 e. The predicted molar refractivity (Wildman–Crippen MR) is 143 cm³/mol. The normalized spacial score (nSPS) is 12.7. The monoisotopic (exact) mass is 517 g/mol. The first-order valence-corrected chi connectivity index (χ1v) is 12.1. The van der Waals surface area contributed by atoms with E-state index in [4.69, 9.17) is 16.3 Å². The van der Waals surface area contributed by atoms with Crippen molar-refractivity contribution in [2.75, 3.05) is 17.6 Å². The summed E-state index contributed by atoms with van der Waals surface area (Å²) in [5.41, 5.74) is 1.08. The van der Waals surface area contributed by atoms with Crippen LogP contribution in [0.2, 0.25) is 5.02 Å². The molecule has 0 heterocycles. The molecule has 0 spiro atoms. The Labute approximate surface area is 217 Å². The Morgan fingerprint density at radius 1 is 1.14 bits per heavy atom. The molecule has 0 saturated heterocycles. The first-order chi connectivity index (χ1) is 16.5. The molecule has 2 unspecified atom stereocenters. The number of carbonyl (C=O) groups is 3. The molecule has 0 saturated carbocycles. The molecule has 0 aliphatic heterocycles. The third-order valence-corrected chi connectivity index (χ3v) is 5.61. The van der Waals surface area contributed by atoms with E-state index in [9.17, 15) is 14.4 Å². The van der Waals surface area contributed by atoms with Gasteiger partial charge in [-0.3, -0.25) is 9.59 Å². The van der Waals surface area contributed by atoms with Gasteiger partial charge in [0.25, 0.3) is 5.91 Å². The van der Waals surface area contributed by atoms with Crippen LogP contribution in [-0.2, 0) is 14.3 Å². The summed E-state index contributed by atoms with van der Waals surface area (Å²) in [5, 5.41) is 5.81. The van der Waals surface area contributed by atoms with Crippen molar-refractivity contribution in [2.45, 2.75) is 45.4 Å². The number of carbonyl (C=O) groups excluding carboxylic acids is 3. The second kappa shape index (κ2) is 12.7. The lowest BCUT2D eigenvalue weighted by Crippen LogP contribution is -2.53. The zero-order chi connectivity index (χ0) is 26.2. The summed E-state index contributed by atoms with van der Waals surface area (Å²) in [6.07, 6.45) is 0.765. The van der Waals surface area contributed by atoms with Gasteiger partial charge in [-0.25, -0.2) is 4.79 Å². The van der Waals surface area contributed by atoms with Crippen molar-refractivity contribution >= 4 is 47.8 Å². The fourth-order valence-electron chi connectivity index (χ4n) is 3.39. The SMILES string of the molecule is C=CCN(C(=O)C(CS)NC(=O)OC(C)(C)C)C(C(=O)Nc1c(C)cccc1Cl)c1ccccc1. The van der Waals surface area contributed by atoms with Crippen molar-refractivity contribution < 1.29 is 19.1 Å². The van der Waals surface area contributed by atoms with E-state index in [1.165, 1.54) is 11.0 Å². The molecule has 0 aromatic heterocycles. The van der Waals surface area contributed by atoms with Gasteiger partial charge in [0.05, 0.1) is 10.7 Å². The van der Waals surface area contributed by atoms with E-state index in [1.54, 1.807) is 57.2 Å². The maximum absolute atomic E-state index is 13.6. The average Bonchev–Trinajstić information content (AvgIpc) is 2.78. The van der Waals surface area contributed by atoms with Crippen molar-refractivity contribution in [3.8, 4) is 0 Å². The highest BCUT2D eigenvalue weighted by molar-refractivity contribution is 7.80. The summed E-state index contributed by atoms with van der Waals surface area (Å²) in [5.74, 6) is -0.971. The Morgan fingerprint density at radius 2 is 1.80 bits per heavy atom. The third-order valence-electron chi connectivity index (χ3n) is 4.93. The number of amides is 3. The van der Waals surface area contributed by atoms with E-state index in [0.29, 0.717) is 16.3 Å². The number of nitrogens with zero attached hydrogens (tertiary/aromatic N) is 1. The number of ether oxygens (including phenoxy) is 1. The number of rotatable bonds is 9. The lowest BCUT2D eigenvalue weighted by molar-refractivity contribution is -0.139. The molecule has 0 aliphatic rings. The first-order valence-electron chi connectivity index (χ1n) is 11.1. The second-order valence-electron chi connectivity index (χ2n) is 8.89. The Bertz CT molecular complexity index is 1040. The molecule has 35 heavy (non-hydrogen) atoms. The highest BCUT2D eigenvalue weighted by atomic mass is 35.5. The minimum absolute atomic E-state index is 0.00152. The zero-order valence-corrected chi connectivity index (χ0v) is 22.0. The van der Waals surface area contributed by atoms with Gasteiger partial charge < -0.3 is 20.3 Å². The molecule has 2 rings (SSSR count). The number of anilines is 1. The number of alkyl carbamates (subject to hydrolysis) is 1. The van der Waals surface area contributed by atoms with Crippen LogP contribution < -0.4 is 10.6 Å². The van der Waals surface area contributed by atoms with Gasteiger partial charge in [-0.1, -0.05) is 60.1 Å². The Kier molecular flexibility index (Phi) is 10.2. The van der Waals surface area contributed by atoms with Gasteiger partial charge in [0.15, 0.2) is 0 Å². The van der Waals surface area contributed by atoms with Gasteiger partial charge in [0.1, 0.15) is 17.7 Å². The van der Waals surface area contributed by atoms with Crippen LogP contribution >= 0.6 is 24.2 Å². The Hall–Kier alpha value is -2.97. The number of nitrogens with one attached hydrogen (secondary N) is 2. The highest BCUT2D eigenvalue weighted by Gasteiger charge is 2.35. The highest BCUT2D eigenvalue weighted by Crippen LogP contribution is 2.29. The van der Waals surface area contributed by atoms with Gasteiger partial charge in [0, 0.05) is 12.3 Å². The number of benzene rings is 2. The predicted octanol–water partition coefficient (Wildman–Crippen LogP) is 5.17. The van der Waals surface area contributed by atoms with Crippen LogP contribution in [0.4, 0.5) is 10.5 Å². The van der Waals surface area contributed by atoms with Gasteiger partial charge in [-0.15, -0.1) is 6.58 Å². The largest absolute Gasteiger partial charge is 0.444 e. The molecule has 0 radical (unpaired) electrons. The van der Waals surface area contributed by atoms with E-state index in [-0.39, 0.29) is 12.3 Å². The summed E-state index contributed by atoms with van der Waals surface area (Å²) in [6.45, 7) is 10.8. The molecular formula is C26H32ClN3O4S. The van der Waals surface area contributed by atoms with Crippen molar-refractivity contribution in [3.63, 3.8) is 0 Å². The average molecular weight is 518 g/mol. The Balaban J connectivity index is 2.44. The van der Waals surface area contributed by atoms with E-state index in [0.717, 1.165) is 5.56 Å². The quantitative estimate of drug-likeness (QED) is 0.316. The molecule has 9 heteroatoms. The zero-order valence-electron chi connectivity index (χ0n) is 20.4. The smallest absolute Gasteiger partial charge is 0.408 e. The summed E-state index contributed by atoms with van der Waals surface area (Å²) < 4.78 is 5.29. The summed E-state index contributed by atoms with van der Waals surface area (Å²) in [6, 6.07) is 12.1. The topological polar surface area (TPSA) is 87.7 Å². The number of hydrogen-bond acceptors (Lipinski definition) is 5. The summed E-state index contributed by atoms with van der Waals surface area (Å²) >= 11 is 10.6. The molecule has 2 N–H and O–H groups in total. The Morgan fingerprint density at radius 3 is 2.34 bits per heavy atom. The molecule has 7 nitrogen and oxygen atoms in total. The van der Waals surface area contributed by atoms with Crippen LogP contribution in [0.25, 0.3) is 0 Å². The van der Waals surface area contributed by atoms with Crippen LogP contribution in [-0.4, -0.2) is 46.7 Å². The molecule has 2 aromatic carbocycles. The van der Waals surface area contributed by atoms with Crippen LogP contribution in [0.3, 0.4) is 0 Å². The van der Waals surface area contributed by atoms with Crippen LogP contribution in [0.5, 0.6) is 0 Å². The van der Waals surface area contributed by atoms with Crippen LogP contribution in [0.1, 0.15) is 37.9 Å². The van der Waals surface area contributed by atoms with Gasteiger partial charge in [-0.2, -0.15) is 12.6 Å². The van der Waals surface area contributed by atoms with Gasteiger partial charge in [0.2, 0.25) is 5.91 Å². The minimum atomic E-state index is -1.03. The van der Waals surface area contributed by atoms with Crippen LogP contribution in [0.15, 0.2) is 61.2 Å². The summed E-state index contributed by atoms with van der Waals surface area (Å²) in [7, 11) is 0. The van der Waals surface area contributed by atoms with Crippen molar-refractivity contribution in [2.24, 2.45) is 0 Å².